The van der Waals surface area contributed by atoms with Crippen molar-refractivity contribution in [3.8, 4) is 17.2 Å². The molecule has 172 valence electrons. The lowest BCUT2D eigenvalue weighted by molar-refractivity contribution is 0.0568. The second-order valence-electron chi connectivity index (χ2n) is 8.87. The van der Waals surface area contributed by atoms with E-state index >= 15 is 4.39 Å². The number of thiophene rings is 1. The summed E-state index contributed by atoms with van der Waals surface area (Å²) in [6.45, 7) is 3.81. The van der Waals surface area contributed by atoms with Crippen molar-refractivity contribution in [1.82, 2.24) is 20.0 Å². The van der Waals surface area contributed by atoms with Crippen LogP contribution in [0.25, 0.3) is 32.1 Å². The second kappa shape index (κ2) is 7.48. The minimum Gasteiger partial charge on any atom is -0.389 e. The summed E-state index contributed by atoms with van der Waals surface area (Å²) < 4.78 is 32.4. The van der Waals surface area contributed by atoms with Crippen molar-refractivity contribution in [2.75, 3.05) is 18.8 Å². The highest BCUT2D eigenvalue weighted by Crippen LogP contribution is 2.44. The van der Waals surface area contributed by atoms with Crippen molar-refractivity contribution < 1.29 is 13.6 Å². The Morgan fingerprint density at radius 2 is 2.12 bits per heavy atom. The van der Waals surface area contributed by atoms with Crippen LogP contribution in [0.2, 0.25) is 0 Å². The second-order valence-corrected chi connectivity index (χ2v) is 9.92. The summed E-state index contributed by atoms with van der Waals surface area (Å²) in [5, 5.41) is 18.5. The van der Waals surface area contributed by atoms with E-state index in [4.69, 9.17) is 5.73 Å². The molecule has 0 spiro atoms. The first-order valence-electron chi connectivity index (χ1n) is 11.0. The maximum atomic E-state index is 15.8. The van der Waals surface area contributed by atoms with E-state index in [1.54, 1.807) is 10.9 Å². The van der Waals surface area contributed by atoms with Gasteiger partial charge in [-0.05, 0) is 31.0 Å². The Hall–Kier alpha value is -3.55. The number of aromatic nitrogens is 2. The van der Waals surface area contributed by atoms with Crippen molar-refractivity contribution >= 4 is 43.2 Å². The molecule has 1 amide bonds. The lowest BCUT2D eigenvalue weighted by atomic mass is 9.93. The van der Waals surface area contributed by atoms with Gasteiger partial charge in [-0.15, -0.1) is 11.3 Å². The first-order valence-corrected chi connectivity index (χ1v) is 11.8. The molecule has 2 aliphatic heterocycles. The molecule has 3 N–H and O–H groups in total. The SMILES string of the molecule is C[C@@H]1CN2C(=O)c3cc(F)c(-c4ccc(F)c5sc(N)c(C#N)c45)c4cnn(c34)CC[C@@H]2CN1. The number of carbonyl (C=O) groups excluding carboxylic acids is 1. The van der Waals surface area contributed by atoms with Gasteiger partial charge in [-0.2, -0.15) is 10.4 Å². The fraction of sp³-hybridized carbons (Fsp3) is 0.292. The fourth-order valence-electron chi connectivity index (χ4n) is 5.25. The van der Waals surface area contributed by atoms with Crippen LogP contribution in [0.3, 0.4) is 0 Å². The van der Waals surface area contributed by atoms with Crippen molar-refractivity contribution in [1.29, 1.82) is 5.26 Å². The third-order valence-electron chi connectivity index (χ3n) is 6.85. The Balaban J connectivity index is 1.63. The largest absolute Gasteiger partial charge is 0.389 e. The van der Waals surface area contributed by atoms with Gasteiger partial charge in [0, 0.05) is 48.1 Å². The quantitative estimate of drug-likeness (QED) is 0.433. The first kappa shape index (κ1) is 21.0. The van der Waals surface area contributed by atoms with E-state index in [1.165, 1.54) is 18.2 Å². The van der Waals surface area contributed by atoms with Crippen LogP contribution in [-0.4, -0.2) is 45.8 Å². The molecule has 2 atom stereocenters. The third-order valence-corrected chi connectivity index (χ3v) is 7.88. The predicted molar refractivity (Wildman–Crippen MR) is 127 cm³/mol. The number of aryl methyl sites for hydroxylation is 1. The minimum atomic E-state index is -0.628. The van der Waals surface area contributed by atoms with Crippen molar-refractivity contribution in [3.05, 3.63) is 47.2 Å². The molecular weight excluding hydrogens is 458 g/mol. The van der Waals surface area contributed by atoms with Crippen molar-refractivity contribution in [3.63, 3.8) is 0 Å². The number of rotatable bonds is 1. The number of benzene rings is 2. The molecule has 34 heavy (non-hydrogen) atoms. The van der Waals surface area contributed by atoms with E-state index in [1.807, 2.05) is 17.9 Å². The number of nitrogens with one attached hydrogen (secondary N) is 1. The number of fused-ring (bicyclic) bond motifs is 2. The van der Waals surface area contributed by atoms with Crippen LogP contribution in [0, 0.1) is 23.0 Å². The van der Waals surface area contributed by atoms with Crippen molar-refractivity contribution in [2.45, 2.75) is 32.0 Å². The van der Waals surface area contributed by atoms with Gasteiger partial charge in [0.05, 0.1) is 27.5 Å². The summed E-state index contributed by atoms with van der Waals surface area (Å²) in [6, 6.07) is 6.14. The van der Waals surface area contributed by atoms with Gasteiger partial charge < -0.3 is 16.0 Å². The number of anilines is 1. The minimum absolute atomic E-state index is 0.00234. The molecule has 1 fully saturated rings. The van der Waals surface area contributed by atoms with Gasteiger partial charge in [-0.25, -0.2) is 8.78 Å². The molecule has 2 aliphatic rings. The number of hydrogen-bond acceptors (Lipinski definition) is 6. The van der Waals surface area contributed by atoms with Gasteiger partial charge in [0.15, 0.2) is 0 Å². The van der Waals surface area contributed by atoms with Gasteiger partial charge in [-0.3, -0.25) is 9.48 Å². The summed E-state index contributed by atoms with van der Waals surface area (Å²) >= 11 is 0.963. The van der Waals surface area contributed by atoms with E-state index < -0.39 is 11.6 Å². The van der Waals surface area contributed by atoms with Crippen LogP contribution in [0.1, 0.15) is 29.3 Å². The summed E-state index contributed by atoms with van der Waals surface area (Å²) in [5.74, 6) is -1.38. The number of hydrogen-bond donors (Lipinski definition) is 2. The predicted octanol–water partition coefficient (Wildman–Crippen LogP) is 3.86. The number of nitriles is 1. The van der Waals surface area contributed by atoms with Gasteiger partial charge in [-0.1, -0.05) is 6.07 Å². The van der Waals surface area contributed by atoms with Crippen LogP contribution in [-0.2, 0) is 6.54 Å². The lowest BCUT2D eigenvalue weighted by Gasteiger charge is -2.40. The van der Waals surface area contributed by atoms with Gasteiger partial charge >= 0.3 is 0 Å². The Labute approximate surface area is 197 Å². The third kappa shape index (κ3) is 2.87. The number of nitrogens with two attached hydrogens (primary N) is 1. The Morgan fingerprint density at radius 3 is 2.91 bits per heavy atom. The zero-order valence-electron chi connectivity index (χ0n) is 18.2. The molecule has 4 heterocycles. The van der Waals surface area contributed by atoms with Gasteiger partial charge in [0.2, 0.25) is 0 Å². The van der Waals surface area contributed by atoms with E-state index in [0.717, 1.165) is 17.8 Å². The first-order chi connectivity index (χ1) is 16.4. The molecule has 0 unspecified atom stereocenters. The lowest BCUT2D eigenvalue weighted by Crippen LogP contribution is -2.58. The molecule has 0 aliphatic carbocycles. The summed E-state index contributed by atoms with van der Waals surface area (Å²) in [5.41, 5.74) is 7.45. The summed E-state index contributed by atoms with van der Waals surface area (Å²) in [7, 11) is 0. The number of carbonyl (C=O) groups is 1. The van der Waals surface area contributed by atoms with Gasteiger partial charge in [0.1, 0.15) is 22.7 Å². The average molecular weight is 479 g/mol. The van der Waals surface area contributed by atoms with Crippen LogP contribution in [0.4, 0.5) is 13.8 Å². The topological polar surface area (TPSA) is 100.0 Å². The summed E-state index contributed by atoms with van der Waals surface area (Å²) in [4.78, 5) is 15.4. The Bertz CT molecular complexity index is 1550. The molecule has 1 saturated heterocycles. The highest BCUT2D eigenvalue weighted by atomic mass is 32.1. The monoisotopic (exact) mass is 478 g/mol. The maximum absolute atomic E-state index is 15.8. The zero-order valence-corrected chi connectivity index (χ0v) is 19.0. The molecule has 6 rings (SSSR count). The Morgan fingerprint density at radius 1 is 1.29 bits per heavy atom. The summed E-state index contributed by atoms with van der Waals surface area (Å²) in [6.07, 6.45) is 2.27. The highest BCUT2D eigenvalue weighted by Gasteiger charge is 2.35. The maximum Gasteiger partial charge on any atom is 0.256 e. The molecule has 4 aromatic rings. The van der Waals surface area contributed by atoms with E-state index in [-0.39, 0.29) is 49.8 Å². The van der Waals surface area contributed by atoms with Crippen LogP contribution >= 0.6 is 11.3 Å². The van der Waals surface area contributed by atoms with Gasteiger partial charge in [0.25, 0.3) is 5.91 Å². The van der Waals surface area contributed by atoms with E-state index in [0.29, 0.717) is 36.1 Å². The van der Waals surface area contributed by atoms with Crippen molar-refractivity contribution in [2.24, 2.45) is 0 Å². The molecule has 10 heteroatoms. The molecule has 0 bridgehead atoms. The normalized spacial score (nSPS) is 20.3. The molecule has 0 saturated carbocycles. The number of halogens is 2. The number of piperazine rings is 1. The highest BCUT2D eigenvalue weighted by molar-refractivity contribution is 7.23. The van der Waals surface area contributed by atoms with Crippen LogP contribution in [0.5, 0.6) is 0 Å². The molecule has 2 aromatic carbocycles. The van der Waals surface area contributed by atoms with E-state index in [9.17, 15) is 14.4 Å². The number of nitrogen functional groups attached to an aromatic ring is 1. The smallest absolute Gasteiger partial charge is 0.256 e. The molecule has 2 aromatic heterocycles. The van der Waals surface area contributed by atoms with E-state index in [2.05, 4.69) is 10.4 Å². The Kier molecular flexibility index (Phi) is 4.62. The van der Waals surface area contributed by atoms with Crippen LogP contribution < -0.4 is 11.1 Å². The average Bonchev–Trinajstić information content (AvgIpc) is 3.38. The zero-order chi connectivity index (χ0) is 23.7. The fourth-order valence-corrected chi connectivity index (χ4v) is 6.20. The molecule has 0 radical (unpaired) electrons. The number of amides is 1. The molecule has 7 nitrogen and oxygen atoms in total. The number of nitrogens with zero attached hydrogens (tertiary/aromatic N) is 4. The standard InChI is InChI=1S/C24H20F2N6OS/c1-11-10-31-12(8-29-11)4-5-32-21-14(24(31)33)6-18(26)19(16(21)9-30-32)13-2-3-17(25)22-20(13)15(7-27)23(28)34-22/h2-3,6,9,11-12,29H,4-5,8,10,28H2,1H3/t11-,12-/m1/s1. The van der Waals surface area contributed by atoms with Crippen LogP contribution in [0.15, 0.2) is 24.4 Å². The molecular formula is C24H20F2N6OS.